The van der Waals surface area contributed by atoms with Crippen molar-refractivity contribution in [2.75, 3.05) is 36.6 Å². The van der Waals surface area contributed by atoms with E-state index >= 15 is 0 Å². The van der Waals surface area contributed by atoms with E-state index in [2.05, 4.69) is 6.92 Å². The number of carbonyl (C=O) groups is 1. The minimum Gasteiger partial charge on any atom is -0.494 e. The number of rotatable bonds is 11. The molecule has 0 saturated carbocycles. The van der Waals surface area contributed by atoms with Gasteiger partial charge in [-0.05, 0) is 72.6 Å². The lowest BCUT2D eigenvalue weighted by atomic mass is 10.1. The Morgan fingerprint density at radius 3 is 2.30 bits per heavy atom. The summed E-state index contributed by atoms with van der Waals surface area (Å²) >= 11 is 5.95. The van der Waals surface area contributed by atoms with Crippen molar-refractivity contribution in [2.45, 2.75) is 25.8 Å². The van der Waals surface area contributed by atoms with Crippen molar-refractivity contribution in [3.63, 3.8) is 0 Å². The maximum absolute atomic E-state index is 13.5. The number of unbranched alkanes of at least 4 members (excludes halogenated alkanes) is 1. The fourth-order valence-electron chi connectivity index (χ4n) is 4.12. The van der Waals surface area contributed by atoms with Crippen LogP contribution in [0.15, 0.2) is 72.8 Å². The van der Waals surface area contributed by atoms with E-state index in [1.54, 1.807) is 46.2 Å². The van der Waals surface area contributed by atoms with Crippen LogP contribution < -0.4 is 14.4 Å². The van der Waals surface area contributed by atoms with E-state index in [1.165, 1.54) is 6.26 Å². The number of benzene rings is 3. The van der Waals surface area contributed by atoms with E-state index < -0.39 is 9.84 Å². The third-order valence-corrected chi connectivity index (χ3v) is 7.26. The van der Waals surface area contributed by atoms with Gasteiger partial charge in [-0.1, -0.05) is 37.1 Å². The van der Waals surface area contributed by atoms with E-state index in [4.69, 9.17) is 21.1 Å². The number of urea groups is 1. The van der Waals surface area contributed by atoms with Crippen LogP contribution in [0.5, 0.6) is 17.2 Å². The van der Waals surface area contributed by atoms with Gasteiger partial charge < -0.3 is 14.4 Å². The van der Waals surface area contributed by atoms with Gasteiger partial charge in [0.2, 0.25) is 0 Å². The summed E-state index contributed by atoms with van der Waals surface area (Å²) in [4.78, 5) is 16.8. The predicted octanol–water partition coefficient (Wildman–Crippen LogP) is 6.34. The minimum absolute atomic E-state index is 0.0899. The highest BCUT2D eigenvalue weighted by Gasteiger charge is 2.39. The molecule has 1 atom stereocenters. The number of carbonyl (C=O) groups excluding carboxylic acids is 1. The number of amides is 2. The topological polar surface area (TPSA) is 76.2 Å². The fraction of sp³-hybridized carbons (Fsp3) is 0.321. The Kier molecular flexibility index (Phi) is 8.61. The molecule has 1 aliphatic rings. The zero-order valence-corrected chi connectivity index (χ0v) is 22.5. The lowest BCUT2D eigenvalue weighted by molar-refractivity contribution is 0.223. The highest BCUT2D eigenvalue weighted by molar-refractivity contribution is 7.90. The first-order valence-corrected chi connectivity index (χ1v) is 14.7. The Bertz CT molecular complexity index is 1310. The van der Waals surface area contributed by atoms with E-state index in [9.17, 15) is 13.2 Å². The van der Waals surface area contributed by atoms with Crippen LogP contribution in [0.4, 0.5) is 10.5 Å². The third kappa shape index (κ3) is 7.17. The highest BCUT2D eigenvalue weighted by Crippen LogP contribution is 2.37. The van der Waals surface area contributed by atoms with Crippen LogP contribution in [0, 0.1) is 0 Å². The van der Waals surface area contributed by atoms with Crippen LogP contribution in [-0.4, -0.2) is 51.1 Å². The lowest BCUT2D eigenvalue weighted by Crippen LogP contribution is -2.35. The molecule has 0 aromatic heterocycles. The summed E-state index contributed by atoms with van der Waals surface area (Å²) in [6.45, 7) is 3.24. The number of ether oxygens (including phenoxy) is 2. The first kappa shape index (κ1) is 26.8. The molecule has 0 N–H and O–H groups in total. The standard InChI is InChI=1S/C28H31ClN2O5S/c1-3-4-17-35-26-7-5-6-21(19-26)27-20-30(16-18-37(2,33)34)28(32)31(27)23-10-14-25(15-11-23)36-24-12-8-22(29)9-13-24/h5-15,19,27H,3-4,16-18,20H2,1-2H3. The number of nitrogens with zero attached hydrogens (tertiary/aromatic N) is 2. The Balaban J connectivity index is 1.59. The molecule has 7 nitrogen and oxygen atoms in total. The molecule has 1 aliphatic heterocycles. The van der Waals surface area contributed by atoms with Gasteiger partial charge in [-0.3, -0.25) is 4.90 Å². The molecule has 1 fully saturated rings. The SMILES string of the molecule is CCCCOc1cccc(C2CN(CCS(C)(=O)=O)C(=O)N2c2ccc(Oc3ccc(Cl)cc3)cc2)c1. The molecular weight excluding hydrogens is 512 g/mol. The largest absolute Gasteiger partial charge is 0.494 e. The number of anilines is 1. The van der Waals surface area contributed by atoms with Crippen LogP contribution in [-0.2, 0) is 9.84 Å². The van der Waals surface area contributed by atoms with Gasteiger partial charge in [-0.15, -0.1) is 0 Å². The van der Waals surface area contributed by atoms with Crippen LogP contribution in [0.1, 0.15) is 31.4 Å². The molecule has 0 aliphatic carbocycles. The molecule has 0 bridgehead atoms. The van der Waals surface area contributed by atoms with Gasteiger partial charge >= 0.3 is 6.03 Å². The van der Waals surface area contributed by atoms with Crippen molar-refractivity contribution in [2.24, 2.45) is 0 Å². The van der Waals surface area contributed by atoms with Crippen LogP contribution >= 0.6 is 11.6 Å². The zero-order valence-electron chi connectivity index (χ0n) is 21.0. The summed E-state index contributed by atoms with van der Waals surface area (Å²) in [6, 6.07) is 21.6. The monoisotopic (exact) mass is 542 g/mol. The summed E-state index contributed by atoms with van der Waals surface area (Å²) < 4.78 is 35.4. The Labute approximate surface area is 223 Å². The summed E-state index contributed by atoms with van der Waals surface area (Å²) in [6.07, 6.45) is 3.18. The Morgan fingerprint density at radius 1 is 0.973 bits per heavy atom. The summed E-state index contributed by atoms with van der Waals surface area (Å²) in [5.74, 6) is 1.93. The van der Waals surface area contributed by atoms with E-state index in [1.807, 2.05) is 36.4 Å². The smallest absolute Gasteiger partial charge is 0.325 e. The molecule has 2 amide bonds. The average Bonchev–Trinajstić information content (AvgIpc) is 3.21. The fourth-order valence-corrected chi connectivity index (χ4v) is 4.80. The second-order valence-electron chi connectivity index (χ2n) is 9.07. The number of hydrogen-bond acceptors (Lipinski definition) is 5. The molecule has 9 heteroatoms. The van der Waals surface area contributed by atoms with Crippen LogP contribution in [0.25, 0.3) is 0 Å². The van der Waals surface area contributed by atoms with Crippen molar-refractivity contribution in [1.29, 1.82) is 0 Å². The second-order valence-corrected chi connectivity index (χ2v) is 11.8. The molecule has 4 rings (SSSR count). The van der Waals surface area contributed by atoms with Crippen molar-refractivity contribution >= 4 is 33.2 Å². The molecule has 196 valence electrons. The maximum atomic E-state index is 13.5. The van der Waals surface area contributed by atoms with Crippen molar-refractivity contribution in [1.82, 2.24) is 4.90 Å². The molecule has 3 aromatic rings. The summed E-state index contributed by atoms with van der Waals surface area (Å²) in [5.41, 5.74) is 1.61. The molecule has 1 heterocycles. The molecule has 3 aromatic carbocycles. The molecule has 1 unspecified atom stereocenters. The van der Waals surface area contributed by atoms with Crippen LogP contribution in [0.3, 0.4) is 0 Å². The third-order valence-electron chi connectivity index (χ3n) is 6.09. The van der Waals surface area contributed by atoms with Gasteiger partial charge in [0.1, 0.15) is 27.1 Å². The molecule has 0 radical (unpaired) electrons. The average molecular weight is 543 g/mol. The van der Waals surface area contributed by atoms with E-state index in [0.29, 0.717) is 35.4 Å². The summed E-state index contributed by atoms with van der Waals surface area (Å²) in [5, 5.41) is 0.626. The molecule has 37 heavy (non-hydrogen) atoms. The van der Waals surface area contributed by atoms with Gasteiger partial charge in [-0.25, -0.2) is 13.2 Å². The minimum atomic E-state index is -3.21. The van der Waals surface area contributed by atoms with E-state index in [0.717, 1.165) is 24.2 Å². The maximum Gasteiger partial charge on any atom is 0.325 e. The predicted molar refractivity (Wildman–Crippen MR) is 147 cm³/mol. The molecule has 0 spiro atoms. The number of sulfone groups is 1. The lowest BCUT2D eigenvalue weighted by Gasteiger charge is -2.24. The zero-order chi connectivity index (χ0) is 26.4. The number of halogens is 1. The van der Waals surface area contributed by atoms with E-state index in [-0.39, 0.29) is 24.4 Å². The van der Waals surface area contributed by atoms with Gasteiger partial charge in [0.05, 0.1) is 18.4 Å². The van der Waals surface area contributed by atoms with Crippen molar-refractivity contribution in [3.05, 3.63) is 83.4 Å². The quantitative estimate of drug-likeness (QED) is 0.264. The summed E-state index contributed by atoms with van der Waals surface area (Å²) in [7, 11) is -3.21. The van der Waals surface area contributed by atoms with Gasteiger partial charge in [-0.2, -0.15) is 0 Å². The Morgan fingerprint density at radius 2 is 1.65 bits per heavy atom. The van der Waals surface area contributed by atoms with Crippen LogP contribution in [0.2, 0.25) is 5.02 Å². The van der Waals surface area contributed by atoms with Gasteiger partial charge in [0.15, 0.2) is 0 Å². The molecule has 1 saturated heterocycles. The highest BCUT2D eigenvalue weighted by atomic mass is 35.5. The second kappa shape index (κ2) is 11.9. The normalized spacial score (nSPS) is 15.8. The van der Waals surface area contributed by atoms with Crippen molar-refractivity contribution in [3.8, 4) is 17.2 Å². The number of hydrogen-bond donors (Lipinski definition) is 0. The van der Waals surface area contributed by atoms with Gasteiger partial charge in [0, 0.05) is 30.1 Å². The van der Waals surface area contributed by atoms with Gasteiger partial charge in [0.25, 0.3) is 0 Å². The first-order valence-electron chi connectivity index (χ1n) is 12.3. The molecular formula is C28H31ClN2O5S. The van der Waals surface area contributed by atoms with Crippen molar-refractivity contribution < 1.29 is 22.7 Å². The Hall–Kier alpha value is -3.23. The first-order chi connectivity index (χ1) is 17.7.